The van der Waals surface area contributed by atoms with Gasteiger partial charge in [-0.15, -0.1) is 0 Å². The van der Waals surface area contributed by atoms with Gasteiger partial charge in [-0.1, -0.05) is 212 Å². The van der Waals surface area contributed by atoms with Gasteiger partial charge in [-0.3, -0.25) is 9.59 Å². The Bertz CT molecular complexity index is 735. The minimum absolute atomic E-state index is 0.0610. The van der Waals surface area contributed by atoms with Gasteiger partial charge in [-0.2, -0.15) is 0 Å². The molecule has 0 aliphatic rings. The summed E-state index contributed by atoms with van der Waals surface area (Å²) in [5.41, 5.74) is 0. The van der Waals surface area contributed by atoms with Crippen LogP contribution in [0.3, 0.4) is 0 Å². The van der Waals surface area contributed by atoms with Crippen LogP contribution >= 0.6 is 0 Å². The lowest BCUT2D eigenvalue weighted by Gasteiger charge is -2.15. The number of aliphatic hydroxyl groups is 1. The first-order chi connectivity index (χ1) is 25.1. The van der Waals surface area contributed by atoms with E-state index in [1.807, 2.05) is 0 Å². The summed E-state index contributed by atoms with van der Waals surface area (Å²) in [4.78, 5) is 24.3. The monoisotopic (exact) mass is 721 g/mol. The number of hydrogen-bond donors (Lipinski definition) is 1. The molecule has 51 heavy (non-hydrogen) atoms. The summed E-state index contributed by atoms with van der Waals surface area (Å²) >= 11 is 0. The highest BCUT2D eigenvalue weighted by Crippen LogP contribution is 2.16. The third-order valence-electron chi connectivity index (χ3n) is 10.3. The van der Waals surface area contributed by atoms with Gasteiger partial charge in [0, 0.05) is 12.8 Å². The smallest absolute Gasteiger partial charge is 0.306 e. The largest absolute Gasteiger partial charge is 0.462 e. The van der Waals surface area contributed by atoms with Gasteiger partial charge in [0.1, 0.15) is 6.61 Å². The van der Waals surface area contributed by atoms with Crippen molar-refractivity contribution in [2.75, 3.05) is 13.2 Å². The summed E-state index contributed by atoms with van der Waals surface area (Å²) in [5.74, 6) is -0.580. The summed E-state index contributed by atoms with van der Waals surface area (Å²) in [7, 11) is 0. The summed E-state index contributed by atoms with van der Waals surface area (Å²) < 4.78 is 10.6. The molecule has 1 N–H and O–H groups in total. The number of esters is 2. The molecule has 0 rings (SSSR count). The molecule has 0 aromatic carbocycles. The Morgan fingerprint density at radius 3 is 1.06 bits per heavy atom. The number of carbonyl (C=O) groups is 2. The maximum absolute atomic E-state index is 12.2. The van der Waals surface area contributed by atoms with Crippen molar-refractivity contribution in [1.29, 1.82) is 0 Å². The Morgan fingerprint density at radius 2 is 0.725 bits per heavy atom. The molecule has 0 amide bonds. The third-order valence-corrected chi connectivity index (χ3v) is 10.3. The fourth-order valence-electron chi connectivity index (χ4n) is 6.85. The SMILES string of the molecule is CCCCCCCCC/C=C\CCCCCCCCCC(=O)OC(CO)COC(=O)CCCCCCCCCCCCCCCCCCCCC. The Balaban J connectivity index is 3.48. The molecule has 0 saturated heterocycles. The van der Waals surface area contributed by atoms with Crippen molar-refractivity contribution in [3.8, 4) is 0 Å². The fraction of sp³-hybridized carbons (Fsp3) is 0.913. The number of aliphatic hydroxyl groups excluding tert-OH is 1. The maximum Gasteiger partial charge on any atom is 0.306 e. The number of ether oxygens (including phenoxy) is 2. The van der Waals surface area contributed by atoms with Crippen molar-refractivity contribution < 1.29 is 24.2 Å². The van der Waals surface area contributed by atoms with Crippen molar-refractivity contribution in [3.05, 3.63) is 12.2 Å². The molecule has 1 unspecified atom stereocenters. The summed E-state index contributed by atoms with van der Waals surface area (Å²) in [6.45, 7) is 4.17. The first-order valence-electron chi connectivity index (χ1n) is 22.7. The first-order valence-corrected chi connectivity index (χ1v) is 22.7. The molecule has 0 heterocycles. The number of carbonyl (C=O) groups excluding carboxylic acids is 2. The van der Waals surface area contributed by atoms with E-state index < -0.39 is 6.10 Å². The predicted octanol–water partition coefficient (Wildman–Crippen LogP) is 14.5. The molecule has 0 aliphatic carbocycles. The van der Waals surface area contributed by atoms with Gasteiger partial charge >= 0.3 is 11.9 Å². The number of unbranched alkanes of at least 4 members (excludes halogenated alkanes) is 32. The van der Waals surface area contributed by atoms with Gasteiger partial charge in [-0.25, -0.2) is 0 Å². The fourth-order valence-corrected chi connectivity index (χ4v) is 6.85. The molecule has 0 aromatic rings. The van der Waals surface area contributed by atoms with E-state index in [0.29, 0.717) is 12.8 Å². The lowest BCUT2D eigenvalue weighted by atomic mass is 10.0. The van der Waals surface area contributed by atoms with E-state index in [1.165, 1.54) is 193 Å². The molecular weight excluding hydrogens is 633 g/mol. The average Bonchev–Trinajstić information content (AvgIpc) is 3.13. The molecule has 0 aliphatic heterocycles. The minimum atomic E-state index is -0.767. The van der Waals surface area contributed by atoms with Crippen LogP contribution in [0.4, 0.5) is 0 Å². The molecule has 0 bridgehead atoms. The van der Waals surface area contributed by atoms with E-state index in [1.54, 1.807) is 0 Å². The van der Waals surface area contributed by atoms with E-state index in [0.717, 1.165) is 32.1 Å². The molecule has 302 valence electrons. The number of hydrogen-bond acceptors (Lipinski definition) is 5. The summed E-state index contributed by atoms with van der Waals surface area (Å²) in [6, 6.07) is 0. The Labute approximate surface area is 318 Å². The molecule has 0 saturated carbocycles. The van der Waals surface area contributed by atoms with Crippen molar-refractivity contribution in [3.63, 3.8) is 0 Å². The average molecular weight is 721 g/mol. The Hall–Kier alpha value is -1.36. The summed E-state index contributed by atoms with van der Waals surface area (Å²) in [5, 5.41) is 9.59. The molecule has 0 aromatic heterocycles. The van der Waals surface area contributed by atoms with Crippen molar-refractivity contribution in [2.24, 2.45) is 0 Å². The van der Waals surface area contributed by atoms with E-state index in [-0.39, 0.29) is 25.2 Å². The van der Waals surface area contributed by atoms with Gasteiger partial charge in [0.05, 0.1) is 6.61 Å². The van der Waals surface area contributed by atoms with Crippen LogP contribution in [0.25, 0.3) is 0 Å². The second-order valence-corrected chi connectivity index (χ2v) is 15.5. The topological polar surface area (TPSA) is 72.8 Å². The van der Waals surface area contributed by atoms with Crippen LogP contribution in [0.2, 0.25) is 0 Å². The van der Waals surface area contributed by atoms with Crippen molar-refractivity contribution >= 4 is 11.9 Å². The third kappa shape index (κ3) is 41.3. The quantitative estimate of drug-likeness (QED) is 0.0386. The van der Waals surface area contributed by atoms with Crippen LogP contribution in [-0.4, -0.2) is 36.4 Å². The Morgan fingerprint density at radius 1 is 0.431 bits per heavy atom. The maximum atomic E-state index is 12.2. The van der Waals surface area contributed by atoms with Crippen LogP contribution in [-0.2, 0) is 19.1 Å². The predicted molar refractivity (Wildman–Crippen MR) is 219 cm³/mol. The zero-order valence-corrected chi connectivity index (χ0v) is 34.4. The van der Waals surface area contributed by atoms with Gasteiger partial charge in [0.2, 0.25) is 0 Å². The van der Waals surface area contributed by atoms with E-state index in [2.05, 4.69) is 26.0 Å². The van der Waals surface area contributed by atoms with Gasteiger partial charge in [-0.05, 0) is 38.5 Å². The normalized spacial score (nSPS) is 12.1. The van der Waals surface area contributed by atoms with Gasteiger partial charge in [0.25, 0.3) is 0 Å². The second kappa shape index (κ2) is 43.0. The highest BCUT2D eigenvalue weighted by Gasteiger charge is 2.16. The Kier molecular flexibility index (Phi) is 41.9. The van der Waals surface area contributed by atoms with Gasteiger partial charge < -0.3 is 14.6 Å². The van der Waals surface area contributed by atoms with Crippen LogP contribution in [0.1, 0.15) is 251 Å². The lowest BCUT2D eigenvalue weighted by molar-refractivity contribution is -0.161. The van der Waals surface area contributed by atoms with Crippen LogP contribution in [0, 0.1) is 0 Å². The molecule has 0 spiro atoms. The standard InChI is InChI=1S/C46H88O5/c1-3-5-7-9-11-13-15-17-19-21-23-25-26-28-30-32-34-36-38-40-45(48)50-43-44(42-47)51-46(49)41-39-37-35-33-31-29-27-24-22-20-18-16-14-12-10-8-6-4-2/h20,22,44,47H,3-19,21,23-43H2,1-2H3/b22-20-. The zero-order valence-electron chi connectivity index (χ0n) is 34.4. The highest BCUT2D eigenvalue weighted by molar-refractivity contribution is 5.70. The van der Waals surface area contributed by atoms with E-state index in [4.69, 9.17) is 9.47 Å². The van der Waals surface area contributed by atoms with Crippen molar-refractivity contribution in [2.45, 2.75) is 258 Å². The van der Waals surface area contributed by atoms with Crippen molar-refractivity contribution in [1.82, 2.24) is 0 Å². The zero-order chi connectivity index (χ0) is 37.1. The van der Waals surface area contributed by atoms with Crippen LogP contribution in [0.15, 0.2) is 12.2 Å². The second-order valence-electron chi connectivity index (χ2n) is 15.5. The molecule has 1 atom stereocenters. The molecule has 0 radical (unpaired) electrons. The number of allylic oxidation sites excluding steroid dienone is 2. The first kappa shape index (κ1) is 49.6. The van der Waals surface area contributed by atoms with Crippen LogP contribution < -0.4 is 0 Å². The number of rotatable bonds is 42. The summed E-state index contributed by atoms with van der Waals surface area (Å²) in [6.07, 6.45) is 50.0. The van der Waals surface area contributed by atoms with Crippen LogP contribution in [0.5, 0.6) is 0 Å². The lowest BCUT2D eigenvalue weighted by Crippen LogP contribution is -2.28. The minimum Gasteiger partial charge on any atom is -0.462 e. The van der Waals surface area contributed by atoms with Gasteiger partial charge in [0.15, 0.2) is 6.10 Å². The molecular formula is C46H88O5. The van der Waals surface area contributed by atoms with E-state index in [9.17, 15) is 14.7 Å². The molecule has 0 fully saturated rings. The molecule has 5 heteroatoms. The molecule has 5 nitrogen and oxygen atoms in total. The highest BCUT2D eigenvalue weighted by atomic mass is 16.6. The van der Waals surface area contributed by atoms with E-state index >= 15 is 0 Å².